The molecule has 53 heavy (non-hydrogen) atoms. The molecule has 1 aliphatic carbocycles. The van der Waals surface area contributed by atoms with Gasteiger partial charge in [-0.1, -0.05) is 35.3 Å². The Balaban J connectivity index is 1.07. The Bertz CT molecular complexity index is 1870. The van der Waals surface area contributed by atoms with E-state index < -0.39 is 24.7 Å². The van der Waals surface area contributed by atoms with Gasteiger partial charge in [0.2, 0.25) is 0 Å². The van der Waals surface area contributed by atoms with Gasteiger partial charge < -0.3 is 18.9 Å². The van der Waals surface area contributed by atoms with Crippen molar-refractivity contribution in [3.63, 3.8) is 0 Å². The van der Waals surface area contributed by atoms with Crippen LogP contribution in [0.1, 0.15) is 69.1 Å². The quantitative estimate of drug-likeness (QED) is 0.113. The first-order valence-corrected chi connectivity index (χ1v) is 19.1. The summed E-state index contributed by atoms with van der Waals surface area (Å²) in [5.41, 5.74) is 1.64. The average Bonchev–Trinajstić information content (AvgIpc) is 3.87. The molecule has 0 spiro atoms. The van der Waals surface area contributed by atoms with E-state index in [-0.39, 0.29) is 46.6 Å². The van der Waals surface area contributed by atoms with Crippen molar-refractivity contribution in [2.45, 2.75) is 63.5 Å². The predicted molar refractivity (Wildman–Crippen MR) is 195 cm³/mol. The Hall–Kier alpha value is -3.88. The third kappa shape index (κ3) is 9.63. The number of fused-ring (bicyclic) bond motifs is 3. The maximum Gasteiger partial charge on any atom is 0.387 e. The van der Waals surface area contributed by atoms with Crippen molar-refractivity contribution in [2.75, 3.05) is 26.2 Å². The van der Waals surface area contributed by atoms with Gasteiger partial charge in [-0.3, -0.25) is 20.2 Å². The minimum atomic E-state index is -3.05. The third-order valence-corrected chi connectivity index (χ3v) is 11.5. The third-order valence-electron chi connectivity index (χ3n) is 9.78. The summed E-state index contributed by atoms with van der Waals surface area (Å²) in [7, 11) is 0. The molecular formula is C38H38Cl2F2N4O6S. The van der Waals surface area contributed by atoms with Crippen LogP contribution in [0.2, 0.25) is 10.0 Å². The summed E-state index contributed by atoms with van der Waals surface area (Å²) in [6.45, 7) is 0.389. The van der Waals surface area contributed by atoms with Crippen molar-refractivity contribution in [1.82, 2.24) is 20.2 Å². The monoisotopic (exact) mass is 786 g/mol. The van der Waals surface area contributed by atoms with E-state index >= 15 is 0 Å². The molecule has 3 atom stereocenters. The largest absolute Gasteiger partial charge is 0.489 e. The SMILES string of the molecule is O=C(O[C@@H](Cc1c(Cl)cncc1Cl)c1ccc(OC(F)F)c(OCC2CC2)c1)c1ccc(CNC(C(=O)O[C@H]2CN3CCC2CC3)c2cccnc2)s1. The molecule has 0 amide bonds. The van der Waals surface area contributed by atoms with E-state index in [2.05, 4.69) is 20.2 Å². The molecule has 10 nitrogen and oxygen atoms in total. The van der Waals surface area contributed by atoms with Crippen LogP contribution in [0.4, 0.5) is 8.78 Å². The maximum atomic E-state index is 13.7. The summed E-state index contributed by atoms with van der Waals surface area (Å²) in [6.07, 6.45) is 9.19. The molecule has 3 aromatic heterocycles. The molecule has 15 heteroatoms. The summed E-state index contributed by atoms with van der Waals surface area (Å²) < 4.78 is 49.3. The highest BCUT2D eigenvalue weighted by Gasteiger charge is 2.38. The number of halogens is 4. The second kappa shape index (κ2) is 17.1. The van der Waals surface area contributed by atoms with E-state index in [0.717, 1.165) is 50.2 Å². The Morgan fingerprint density at radius 1 is 0.962 bits per heavy atom. The minimum Gasteiger partial charge on any atom is -0.489 e. The van der Waals surface area contributed by atoms with Gasteiger partial charge in [0.1, 0.15) is 23.1 Å². The molecule has 8 rings (SSSR count). The van der Waals surface area contributed by atoms with Crippen LogP contribution in [-0.2, 0) is 27.2 Å². The summed E-state index contributed by atoms with van der Waals surface area (Å²) in [4.78, 5) is 38.9. The Labute approximate surface area is 319 Å². The van der Waals surface area contributed by atoms with Gasteiger partial charge in [0.05, 0.1) is 16.7 Å². The topological polar surface area (TPSA) is 112 Å². The summed E-state index contributed by atoms with van der Waals surface area (Å²) in [5, 5.41) is 3.87. The zero-order valence-corrected chi connectivity index (χ0v) is 30.9. The number of pyridine rings is 2. The Morgan fingerprint density at radius 2 is 1.75 bits per heavy atom. The number of piperidine rings is 3. The van der Waals surface area contributed by atoms with Crippen LogP contribution < -0.4 is 14.8 Å². The first kappa shape index (κ1) is 37.4. The number of rotatable bonds is 16. The number of thiophene rings is 1. The van der Waals surface area contributed by atoms with Gasteiger partial charge in [0.15, 0.2) is 11.5 Å². The predicted octanol–water partition coefficient (Wildman–Crippen LogP) is 7.84. The minimum absolute atomic E-state index is 0.0668. The molecule has 4 aromatic rings. The van der Waals surface area contributed by atoms with Gasteiger partial charge in [-0.25, -0.2) is 9.59 Å². The van der Waals surface area contributed by atoms with Crippen molar-refractivity contribution < 1.29 is 37.3 Å². The number of nitrogens with one attached hydrogen (secondary N) is 1. The molecular weight excluding hydrogens is 749 g/mol. The van der Waals surface area contributed by atoms with Crippen LogP contribution in [0.15, 0.2) is 67.3 Å². The molecule has 1 N–H and O–H groups in total. The fourth-order valence-corrected chi connectivity index (χ4v) is 8.05. The zero-order valence-electron chi connectivity index (χ0n) is 28.6. The molecule has 1 aromatic carbocycles. The summed E-state index contributed by atoms with van der Waals surface area (Å²) in [5.74, 6) is -0.283. The molecule has 0 radical (unpaired) electrons. The van der Waals surface area contributed by atoms with E-state index in [4.69, 9.17) is 42.1 Å². The molecule has 4 fully saturated rings. The number of alkyl halides is 2. The van der Waals surface area contributed by atoms with Crippen molar-refractivity contribution in [3.8, 4) is 11.5 Å². The fraction of sp³-hybridized carbons (Fsp3) is 0.421. The molecule has 1 unspecified atom stereocenters. The highest BCUT2D eigenvalue weighted by molar-refractivity contribution is 7.13. The first-order chi connectivity index (χ1) is 25.7. The van der Waals surface area contributed by atoms with Crippen LogP contribution in [0.3, 0.4) is 0 Å². The van der Waals surface area contributed by atoms with E-state index in [1.165, 1.54) is 35.9 Å². The van der Waals surface area contributed by atoms with Crippen molar-refractivity contribution in [2.24, 2.45) is 11.8 Å². The van der Waals surface area contributed by atoms with Crippen LogP contribution >= 0.6 is 34.5 Å². The van der Waals surface area contributed by atoms with Crippen molar-refractivity contribution in [1.29, 1.82) is 0 Å². The number of hydrogen-bond acceptors (Lipinski definition) is 11. The smallest absolute Gasteiger partial charge is 0.387 e. The molecule has 2 bridgehead atoms. The van der Waals surface area contributed by atoms with E-state index in [9.17, 15) is 18.4 Å². The molecule has 1 saturated carbocycles. The number of carbonyl (C=O) groups is 2. The fourth-order valence-electron chi connectivity index (χ4n) is 6.69. The van der Waals surface area contributed by atoms with Crippen molar-refractivity contribution >= 4 is 46.5 Å². The standard InChI is InChI=1S/C38H38Cl2F2N4O6S/c39-28-18-44-19-29(40)27(28)15-31(24-5-7-30(52-38(41)42)32(14-24)49-21-22-3-4-22)50-36(47)34-8-6-26(53-34)17-45-35(25-2-1-11-43-16-25)37(48)51-33-20-46-12-9-23(33)10-13-46/h1-2,5-8,11,14,16,18-19,22-23,31,33,35,38,45H,3-4,9-10,12-13,15,17,20-21H2/t31-,33-,35?/m0/s1. The molecule has 3 aliphatic heterocycles. The molecule has 3 saturated heterocycles. The van der Waals surface area contributed by atoms with Crippen LogP contribution in [0.25, 0.3) is 0 Å². The lowest BCUT2D eigenvalue weighted by molar-refractivity contribution is -0.161. The normalized spacial score (nSPS) is 20.5. The van der Waals surface area contributed by atoms with Gasteiger partial charge in [0, 0.05) is 49.2 Å². The van der Waals surface area contributed by atoms with Crippen LogP contribution in [0, 0.1) is 11.8 Å². The maximum absolute atomic E-state index is 13.7. The number of nitrogens with zero attached hydrogens (tertiary/aromatic N) is 3. The first-order valence-electron chi connectivity index (χ1n) is 17.6. The number of carbonyl (C=O) groups excluding carboxylic acids is 2. The van der Waals surface area contributed by atoms with Gasteiger partial charge in [-0.2, -0.15) is 8.78 Å². The van der Waals surface area contributed by atoms with Crippen LogP contribution in [-0.4, -0.2) is 65.8 Å². The average molecular weight is 788 g/mol. The number of aromatic nitrogens is 2. The van der Waals surface area contributed by atoms with Crippen molar-refractivity contribution in [3.05, 3.63) is 104 Å². The lowest BCUT2D eigenvalue weighted by atomic mass is 9.86. The molecule has 6 heterocycles. The lowest BCUT2D eigenvalue weighted by Gasteiger charge is -2.44. The molecule has 280 valence electrons. The number of benzene rings is 1. The Morgan fingerprint density at radius 3 is 2.43 bits per heavy atom. The van der Waals surface area contributed by atoms with Gasteiger partial charge >= 0.3 is 18.6 Å². The lowest BCUT2D eigenvalue weighted by Crippen LogP contribution is -2.52. The summed E-state index contributed by atoms with van der Waals surface area (Å²) >= 11 is 14.1. The number of esters is 2. The highest BCUT2D eigenvalue weighted by atomic mass is 35.5. The second-order valence-electron chi connectivity index (χ2n) is 13.5. The van der Waals surface area contributed by atoms with Gasteiger partial charge in [-0.05, 0) is 97.6 Å². The zero-order chi connectivity index (χ0) is 36.9. The van der Waals surface area contributed by atoms with Gasteiger partial charge in [0.25, 0.3) is 0 Å². The van der Waals surface area contributed by atoms with E-state index in [1.54, 1.807) is 36.7 Å². The van der Waals surface area contributed by atoms with Crippen LogP contribution in [0.5, 0.6) is 11.5 Å². The highest BCUT2D eigenvalue weighted by Crippen LogP contribution is 2.38. The second-order valence-corrected chi connectivity index (χ2v) is 15.5. The summed E-state index contributed by atoms with van der Waals surface area (Å²) in [6, 6.07) is 10.7. The van der Waals surface area contributed by atoms with Gasteiger partial charge in [-0.15, -0.1) is 11.3 Å². The molecule has 4 aliphatic rings. The van der Waals surface area contributed by atoms with E-state index in [0.29, 0.717) is 40.0 Å². The Kier molecular flexibility index (Phi) is 12.1. The van der Waals surface area contributed by atoms with E-state index in [1.807, 2.05) is 6.07 Å². The number of ether oxygens (including phenoxy) is 4. The number of hydrogen-bond donors (Lipinski definition) is 1.